The van der Waals surface area contributed by atoms with Crippen molar-refractivity contribution >= 4 is 20.9 Å². The van der Waals surface area contributed by atoms with Crippen LogP contribution in [0.3, 0.4) is 0 Å². The first-order valence-corrected chi connectivity index (χ1v) is 8.15. The Morgan fingerprint density at radius 3 is 2.50 bits per heavy atom. The van der Waals surface area contributed by atoms with Crippen molar-refractivity contribution in [2.24, 2.45) is 0 Å². The van der Waals surface area contributed by atoms with Gasteiger partial charge in [-0.1, -0.05) is 36.4 Å². The monoisotopic (exact) mass is 286 g/mol. The quantitative estimate of drug-likeness (QED) is 0.805. The number of para-hydroxylation sites is 1. The highest BCUT2D eigenvalue weighted by Gasteiger charge is 2.15. The molecule has 0 aliphatic carbocycles. The summed E-state index contributed by atoms with van der Waals surface area (Å²) in [6.07, 6.45) is 1.85. The van der Waals surface area contributed by atoms with Gasteiger partial charge < -0.3 is 4.98 Å². The van der Waals surface area contributed by atoms with Crippen LogP contribution < -0.4 is 0 Å². The standard InChI is InChI=1S/C15H14N2O2S/c1-20(18,19)13-9-5-8-12-15(13)17-14(16-12)10-11-6-3-2-4-7-11/h2-9H,10H2,1H3,(H,16,17). The zero-order valence-electron chi connectivity index (χ0n) is 11.0. The highest BCUT2D eigenvalue weighted by molar-refractivity contribution is 7.91. The topological polar surface area (TPSA) is 62.8 Å². The lowest BCUT2D eigenvalue weighted by atomic mass is 10.1. The van der Waals surface area contributed by atoms with Gasteiger partial charge in [-0.15, -0.1) is 0 Å². The third-order valence-electron chi connectivity index (χ3n) is 3.14. The number of hydrogen-bond donors (Lipinski definition) is 1. The number of fused-ring (bicyclic) bond motifs is 1. The van der Waals surface area contributed by atoms with Crippen molar-refractivity contribution in [3.8, 4) is 0 Å². The van der Waals surface area contributed by atoms with E-state index in [-0.39, 0.29) is 4.90 Å². The van der Waals surface area contributed by atoms with Gasteiger partial charge in [0.25, 0.3) is 0 Å². The lowest BCUT2D eigenvalue weighted by Gasteiger charge is -1.97. The Labute approximate surface area is 117 Å². The van der Waals surface area contributed by atoms with Crippen LogP contribution in [0, 0.1) is 0 Å². The Morgan fingerprint density at radius 1 is 1.05 bits per heavy atom. The molecule has 2 aromatic carbocycles. The van der Waals surface area contributed by atoms with Crippen LogP contribution in [0.2, 0.25) is 0 Å². The van der Waals surface area contributed by atoms with Crippen molar-refractivity contribution in [1.82, 2.24) is 9.97 Å². The van der Waals surface area contributed by atoms with E-state index in [1.54, 1.807) is 12.1 Å². The molecule has 3 rings (SSSR count). The summed E-state index contributed by atoms with van der Waals surface area (Å²) in [7, 11) is -3.27. The van der Waals surface area contributed by atoms with E-state index in [9.17, 15) is 8.42 Å². The minimum absolute atomic E-state index is 0.269. The molecular formula is C15H14N2O2S. The van der Waals surface area contributed by atoms with Crippen LogP contribution in [0.4, 0.5) is 0 Å². The lowest BCUT2D eigenvalue weighted by molar-refractivity contribution is 0.602. The van der Waals surface area contributed by atoms with E-state index in [1.165, 1.54) is 6.26 Å². The second-order valence-electron chi connectivity index (χ2n) is 4.77. The largest absolute Gasteiger partial charge is 0.342 e. The number of rotatable bonds is 3. The van der Waals surface area contributed by atoms with Gasteiger partial charge >= 0.3 is 0 Å². The van der Waals surface area contributed by atoms with Crippen molar-refractivity contribution in [2.75, 3.05) is 6.26 Å². The van der Waals surface area contributed by atoms with E-state index >= 15 is 0 Å². The van der Waals surface area contributed by atoms with E-state index in [4.69, 9.17) is 0 Å². The Hall–Kier alpha value is -2.14. The molecule has 0 saturated heterocycles. The molecule has 20 heavy (non-hydrogen) atoms. The van der Waals surface area contributed by atoms with Gasteiger partial charge in [-0.2, -0.15) is 0 Å². The first-order valence-electron chi connectivity index (χ1n) is 6.25. The summed E-state index contributed by atoms with van der Waals surface area (Å²) in [5.41, 5.74) is 2.40. The number of aromatic nitrogens is 2. The minimum atomic E-state index is -3.27. The van der Waals surface area contributed by atoms with Crippen molar-refractivity contribution in [1.29, 1.82) is 0 Å². The van der Waals surface area contributed by atoms with Gasteiger partial charge in [-0.25, -0.2) is 13.4 Å². The molecule has 1 N–H and O–H groups in total. The van der Waals surface area contributed by atoms with E-state index in [2.05, 4.69) is 9.97 Å². The summed E-state index contributed by atoms with van der Waals surface area (Å²) in [5.74, 6) is 0.766. The molecule has 0 fully saturated rings. The average molecular weight is 286 g/mol. The fraction of sp³-hybridized carbons (Fsp3) is 0.133. The van der Waals surface area contributed by atoms with Crippen LogP contribution in [-0.2, 0) is 16.3 Å². The lowest BCUT2D eigenvalue weighted by Crippen LogP contribution is -1.97. The number of aromatic amines is 1. The molecule has 5 heteroatoms. The smallest absolute Gasteiger partial charge is 0.177 e. The summed E-state index contributed by atoms with van der Waals surface area (Å²) in [5, 5.41) is 0. The van der Waals surface area contributed by atoms with Gasteiger partial charge in [0.1, 0.15) is 11.3 Å². The Bertz CT molecular complexity index is 852. The number of H-pyrrole nitrogens is 1. The summed E-state index contributed by atoms with van der Waals surface area (Å²) in [4.78, 5) is 7.89. The van der Waals surface area contributed by atoms with Crippen LogP contribution in [0.1, 0.15) is 11.4 Å². The first kappa shape index (κ1) is 12.9. The molecule has 0 radical (unpaired) electrons. The van der Waals surface area contributed by atoms with Crippen LogP contribution in [0.5, 0.6) is 0 Å². The van der Waals surface area contributed by atoms with E-state index in [1.807, 2.05) is 36.4 Å². The van der Waals surface area contributed by atoms with Crippen LogP contribution in [0.15, 0.2) is 53.4 Å². The van der Waals surface area contributed by atoms with Crippen molar-refractivity contribution < 1.29 is 8.42 Å². The number of imidazole rings is 1. The number of nitrogens with one attached hydrogen (secondary N) is 1. The van der Waals surface area contributed by atoms with E-state index in [0.717, 1.165) is 16.9 Å². The molecular weight excluding hydrogens is 272 g/mol. The van der Waals surface area contributed by atoms with Crippen LogP contribution >= 0.6 is 0 Å². The molecule has 0 bridgehead atoms. The zero-order valence-corrected chi connectivity index (χ0v) is 11.8. The molecule has 0 spiro atoms. The fourth-order valence-electron chi connectivity index (χ4n) is 2.23. The van der Waals surface area contributed by atoms with Gasteiger partial charge in [0.15, 0.2) is 9.84 Å². The maximum atomic E-state index is 11.8. The highest BCUT2D eigenvalue weighted by Crippen LogP contribution is 2.21. The molecule has 0 atom stereocenters. The maximum Gasteiger partial charge on any atom is 0.177 e. The van der Waals surface area contributed by atoms with Crippen LogP contribution in [-0.4, -0.2) is 24.6 Å². The van der Waals surface area contributed by atoms with Gasteiger partial charge in [-0.05, 0) is 17.7 Å². The molecule has 0 aliphatic rings. The summed E-state index contributed by atoms with van der Waals surface area (Å²) < 4.78 is 23.5. The molecule has 0 unspecified atom stereocenters. The SMILES string of the molecule is CS(=O)(=O)c1cccc2[nH]c(Cc3ccccc3)nc12. The van der Waals surface area contributed by atoms with E-state index in [0.29, 0.717) is 11.9 Å². The van der Waals surface area contributed by atoms with Gasteiger partial charge in [0, 0.05) is 12.7 Å². The maximum absolute atomic E-state index is 11.8. The summed E-state index contributed by atoms with van der Waals surface area (Å²) in [6.45, 7) is 0. The normalized spacial score (nSPS) is 11.8. The molecule has 102 valence electrons. The molecule has 3 aromatic rings. The molecule has 1 aromatic heterocycles. The Morgan fingerprint density at radius 2 is 1.80 bits per heavy atom. The van der Waals surface area contributed by atoms with E-state index < -0.39 is 9.84 Å². The minimum Gasteiger partial charge on any atom is -0.342 e. The molecule has 0 saturated carbocycles. The van der Waals surface area contributed by atoms with Crippen LogP contribution in [0.25, 0.3) is 11.0 Å². The Kier molecular flexibility index (Phi) is 3.06. The van der Waals surface area contributed by atoms with Gasteiger partial charge in [0.2, 0.25) is 0 Å². The van der Waals surface area contributed by atoms with Crippen molar-refractivity contribution in [2.45, 2.75) is 11.3 Å². The fourth-order valence-corrected chi connectivity index (χ4v) is 3.06. The van der Waals surface area contributed by atoms with Gasteiger partial charge in [-0.3, -0.25) is 0 Å². The summed E-state index contributed by atoms with van der Waals surface area (Å²) >= 11 is 0. The summed E-state index contributed by atoms with van der Waals surface area (Å²) in [6, 6.07) is 15.1. The van der Waals surface area contributed by atoms with Crippen molar-refractivity contribution in [3.05, 3.63) is 59.9 Å². The number of nitrogens with zero attached hydrogens (tertiary/aromatic N) is 1. The van der Waals surface area contributed by atoms with Crippen molar-refractivity contribution in [3.63, 3.8) is 0 Å². The molecule has 0 aliphatic heterocycles. The number of sulfone groups is 1. The number of hydrogen-bond acceptors (Lipinski definition) is 3. The van der Waals surface area contributed by atoms with Gasteiger partial charge in [0.05, 0.1) is 10.4 Å². The second-order valence-corrected chi connectivity index (χ2v) is 6.75. The second kappa shape index (κ2) is 4.76. The zero-order chi connectivity index (χ0) is 14.2. The molecule has 1 heterocycles. The molecule has 0 amide bonds. The molecule has 4 nitrogen and oxygen atoms in total. The number of benzene rings is 2. The predicted octanol–water partition coefficient (Wildman–Crippen LogP) is 2.56. The predicted molar refractivity (Wildman–Crippen MR) is 78.5 cm³/mol. The average Bonchev–Trinajstić information content (AvgIpc) is 2.80. The third kappa shape index (κ3) is 2.44. The third-order valence-corrected chi connectivity index (χ3v) is 4.27. The Balaban J connectivity index is 2.08. The highest BCUT2D eigenvalue weighted by atomic mass is 32.2. The first-order chi connectivity index (χ1) is 9.54.